The third kappa shape index (κ3) is 4.91. The first-order valence-electron chi connectivity index (χ1n) is 9.27. The molecule has 2 N–H and O–H groups in total. The van der Waals surface area contributed by atoms with Crippen molar-refractivity contribution in [2.75, 3.05) is 16.9 Å². The number of aromatic nitrogens is 2. The highest BCUT2D eigenvalue weighted by Gasteiger charge is 2.14. The van der Waals surface area contributed by atoms with Crippen molar-refractivity contribution < 1.29 is 4.79 Å². The fourth-order valence-electron chi connectivity index (χ4n) is 2.90. The van der Waals surface area contributed by atoms with Gasteiger partial charge in [-0.1, -0.05) is 24.3 Å². The van der Waals surface area contributed by atoms with Gasteiger partial charge in [0.25, 0.3) is 5.91 Å². The Labute approximate surface area is 188 Å². The van der Waals surface area contributed by atoms with Crippen molar-refractivity contribution in [3.63, 3.8) is 0 Å². The lowest BCUT2D eigenvalue weighted by molar-refractivity contribution is 0.102. The van der Waals surface area contributed by atoms with Crippen molar-refractivity contribution in [3.8, 4) is 11.3 Å². The molecule has 0 aliphatic carbocycles. The second-order valence-corrected chi connectivity index (χ2v) is 8.07. The standard InChI is InChI=1S/C23H17N5OS2/c1-24-16-8-10-17(11-9-16)26-18-6-3-5-15(13-18)20-14-31-23(27-20)28-21(29)19-7-4-12-25-22(19)30-2/h3-14,26H,2H3,(H,27,28,29). The Morgan fingerprint density at radius 3 is 2.71 bits per heavy atom. The highest BCUT2D eigenvalue weighted by Crippen LogP contribution is 2.29. The second kappa shape index (κ2) is 9.43. The van der Waals surface area contributed by atoms with Gasteiger partial charge in [0.2, 0.25) is 0 Å². The normalized spacial score (nSPS) is 10.3. The largest absolute Gasteiger partial charge is 0.356 e. The minimum atomic E-state index is -0.225. The molecule has 0 fully saturated rings. The summed E-state index contributed by atoms with van der Waals surface area (Å²) in [4.78, 5) is 24.8. The first kappa shape index (κ1) is 20.6. The zero-order valence-corrected chi connectivity index (χ0v) is 18.1. The molecule has 0 saturated heterocycles. The van der Waals surface area contributed by atoms with E-state index < -0.39 is 0 Å². The van der Waals surface area contributed by atoms with Gasteiger partial charge in [-0.15, -0.1) is 23.1 Å². The lowest BCUT2D eigenvalue weighted by atomic mass is 10.1. The van der Waals surface area contributed by atoms with E-state index in [0.717, 1.165) is 22.6 Å². The van der Waals surface area contributed by atoms with Crippen LogP contribution in [0.4, 0.5) is 22.2 Å². The second-order valence-electron chi connectivity index (χ2n) is 6.42. The van der Waals surface area contributed by atoms with Crippen LogP contribution in [0.3, 0.4) is 0 Å². The van der Waals surface area contributed by atoms with Gasteiger partial charge in [0.05, 0.1) is 17.8 Å². The molecule has 0 atom stereocenters. The van der Waals surface area contributed by atoms with E-state index in [0.29, 0.717) is 21.4 Å². The van der Waals surface area contributed by atoms with Gasteiger partial charge in [0, 0.05) is 28.5 Å². The molecular formula is C23H17N5OS2. The van der Waals surface area contributed by atoms with Crippen LogP contribution >= 0.6 is 23.1 Å². The number of nitrogens with zero attached hydrogens (tertiary/aromatic N) is 3. The van der Waals surface area contributed by atoms with Crippen molar-refractivity contribution in [2.24, 2.45) is 0 Å². The monoisotopic (exact) mass is 443 g/mol. The Hall–Kier alpha value is -3.67. The molecule has 6 nitrogen and oxygen atoms in total. The number of nitrogens with one attached hydrogen (secondary N) is 2. The number of benzene rings is 2. The molecule has 2 aromatic heterocycles. The predicted octanol–water partition coefficient (Wildman–Crippen LogP) is 6.47. The Bertz CT molecular complexity index is 1260. The van der Waals surface area contributed by atoms with Crippen LogP contribution in [0, 0.1) is 6.57 Å². The lowest BCUT2D eigenvalue weighted by Gasteiger charge is -2.08. The number of amides is 1. The number of hydrogen-bond donors (Lipinski definition) is 2. The van der Waals surface area contributed by atoms with Gasteiger partial charge in [-0.25, -0.2) is 14.8 Å². The van der Waals surface area contributed by atoms with Crippen LogP contribution in [0.2, 0.25) is 0 Å². The summed E-state index contributed by atoms with van der Waals surface area (Å²) in [6, 6.07) is 18.7. The molecule has 2 heterocycles. The van der Waals surface area contributed by atoms with Gasteiger partial charge in [0.1, 0.15) is 5.03 Å². The first-order valence-corrected chi connectivity index (χ1v) is 11.4. The summed E-state index contributed by atoms with van der Waals surface area (Å²) in [5, 5.41) is 9.32. The molecule has 0 saturated carbocycles. The summed E-state index contributed by atoms with van der Waals surface area (Å²) in [5.74, 6) is -0.225. The third-order valence-corrected chi connectivity index (χ3v) is 5.85. The van der Waals surface area contributed by atoms with Crippen LogP contribution in [0.5, 0.6) is 0 Å². The van der Waals surface area contributed by atoms with Crippen LogP contribution in [-0.4, -0.2) is 22.1 Å². The van der Waals surface area contributed by atoms with E-state index in [1.807, 2.05) is 48.0 Å². The summed E-state index contributed by atoms with van der Waals surface area (Å²) < 4.78 is 0. The molecule has 0 unspecified atom stereocenters. The third-order valence-electron chi connectivity index (χ3n) is 4.38. The Morgan fingerprint density at radius 1 is 1.10 bits per heavy atom. The van der Waals surface area contributed by atoms with Crippen LogP contribution < -0.4 is 10.6 Å². The number of pyridine rings is 1. The molecule has 4 aromatic rings. The van der Waals surface area contributed by atoms with Crippen LogP contribution in [0.1, 0.15) is 10.4 Å². The first-order chi connectivity index (χ1) is 15.2. The number of carbonyl (C=O) groups excluding carboxylic acids is 1. The van der Waals surface area contributed by atoms with E-state index in [1.54, 1.807) is 30.5 Å². The summed E-state index contributed by atoms with van der Waals surface area (Å²) in [5.41, 5.74) is 4.66. The van der Waals surface area contributed by atoms with E-state index in [9.17, 15) is 4.79 Å². The zero-order chi connectivity index (χ0) is 21.6. The van der Waals surface area contributed by atoms with Gasteiger partial charge >= 0.3 is 0 Å². The molecular weight excluding hydrogens is 426 g/mol. The van der Waals surface area contributed by atoms with Crippen molar-refractivity contribution in [3.05, 3.63) is 89.2 Å². The molecule has 4 rings (SSSR count). The maximum absolute atomic E-state index is 12.6. The molecule has 31 heavy (non-hydrogen) atoms. The smallest absolute Gasteiger partial charge is 0.260 e. The molecule has 0 radical (unpaired) electrons. The molecule has 0 aliphatic heterocycles. The van der Waals surface area contributed by atoms with Gasteiger partial charge in [0.15, 0.2) is 10.8 Å². The van der Waals surface area contributed by atoms with Gasteiger partial charge in [-0.2, -0.15) is 0 Å². The van der Waals surface area contributed by atoms with E-state index in [2.05, 4.69) is 25.4 Å². The zero-order valence-electron chi connectivity index (χ0n) is 16.5. The molecule has 8 heteroatoms. The number of hydrogen-bond acceptors (Lipinski definition) is 6. The van der Waals surface area contributed by atoms with Gasteiger partial charge < -0.3 is 5.32 Å². The molecule has 1 amide bonds. The lowest BCUT2D eigenvalue weighted by Crippen LogP contribution is -2.13. The average Bonchev–Trinajstić information content (AvgIpc) is 3.28. The van der Waals surface area contributed by atoms with Crippen LogP contribution in [0.25, 0.3) is 16.1 Å². The molecule has 0 bridgehead atoms. The maximum atomic E-state index is 12.6. The summed E-state index contributed by atoms with van der Waals surface area (Å²) in [6.45, 7) is 7.04. The minimum absolute atomic E-state index is 0.225. The summed E-state index contributed by atoms with van der Waals surface area (Å²) in [7, 11) is 0. The van der Waals surface area contributed by atoms with Crippen molar-refractivity contribution in [2.45, 2.75) is 5.03 Å². The summed E-state index contributed by atoms with van der Waals surface area (Å²) in [6.07, 6.45) is 3.56. The Morgan fingerprint density at radius 2 is 1.94 bits per heavy atom. The molecule has 0 aliphatic rings. The van der Waals surface area contributed by atoms with E-state index >= 15 is 0 Å². The molecule has 0 spiro atoms. The van der Waals surface area contributed by atoms with E-state index in [4.69, 9.17) is 6.57 Å². The van der Waals surface area contributed by atoms with Gasteiger partial charge in [-0.05, 0) is 42.7 Å². The van der Waals surface area contributed by atoms with E-state index in [-0.39, 0.29) is 5.91 Å². The fraction of sp³-hybridized carbons (Fsp3) is 0.0435. The highest BCUT2D eigenvalue weighted by molar-refractivity contribution is 7.98. The van der Waals surface area contributed by atoms with Crippen molar-refractivity contribution in [1.82, 2.24) is 9.97 Å². The topological polar surface area (TPSA) is 71.3 Å². The predicted molar refractivity (Wildman–Crippen MR) is 128 cm³/mol. The van der Waals surface area contributed by atoms with Crippen LogP contribution in [-0.2, 0) is 0 Å². The number of thiazole rings is 1. The average molecular weight is 444 g/mol. The molecule has 152 valence electrons. The SMILES string of the molecule is [C-]#[N+]c1ccc(Nc2cccc(-c3csc(NC(=O)c4cccnc4SC)n3)c2)cc1. The Kier molecular flexibility index (Phi) is 6.26. The fourth-order valence-corrected chi connectivity index (χ4v) is 4.16. The van der Waals surface area contributed by atoms with E-state index in [1.165, 1.54) is 23.1 Å². The summed E-state index contributed by atoms with van der Waals surface area (Å²) >= 11 is 2.81. The minimum Gasteiger partial charge on any atom is -0.356 e. The number of anilines is 3. The van der Waals surface area contributed by atoms with Crippen LogP contribution in [0.15, 0.2) is 77.3 Å². The number of carbonyl (C=O) groups is 1. The van der Waals surface area contributed by atoms with Crippen molar-refractivity contribution in [1.29, 1.82) is 0 Å². The molecule has 2 aromatic carbocycles. The number of rotatable bonds is 6. The quantitative estimate of drug-likeness (QED) is 0.264. The van der Waals surface area contributed by atoms with Crippen molar-refractivity contribution >= 4 is 51.2 Å². The Balaban J connectivity index is 1.49. The van der Waals surface area contributed by atoms with Gasteiger partial charge in [-0.3, -0.25) is 10.1 Å². The maximum Gasteiger partial charge on any atom is 0.260 e. The number of thioether (sulfide) groups is 1. The highest BCUT2D eigenvalue weighted by atomic mass is 32.2.